The zero-order chi connectivity index (χ0) is 13.4. The highest BCUT2D eigenvalue weighted by Gasteiger charge is 2.26. The van der Waals surface area contributed by atoms with E-state index in [9.17, 15) is 5.11 Å². The average Bonchev–Trinajstić information content (AvgIpc) is 2.36. The molecule has 18 heavy (non-hydrogen) atoms. The van der Waals surface area contributed by atoms with Gasteiger partial charge in [0, 0.05) is 19.6 Å². The van der Waals surface area contributed by atoms with Gasteiger partial charge in [0.2, 0.25) is 0 Å². The monoisotopic (exact) mass is 256 g/mol. The fourth-order valence-electron chi connectivity index (χ4n) is 2.97. The van der Waals surface area contributed by atoms with Crippen molar-refractivity contribution >= 4 is 0 Å². The van der Waals surface area contributed by atoms with Crippen LogP contribution in [0, 0.1) is 5.41 Å². The minimum Gasteiger partial charge on any atom is -0.390 e. The Hall–Kier alpha value is -0.120. The first-order chi connectivity index (χ1) is 8.59. The lowest BCUT2D eigenvalue weighted by Crippen LogP contribution is -2.41. The van der Waals surface area contributed by atoms with Crippen LogP contribution in [0.15, 0.2) is 0 Å². The summed E-state index contributed by atoms with van der Waals surface area (Å²) in [5, 5.41) is 13.5. The molecule has 1 aliphatic rings. The quantitative estimate of drug-likeness (QED) is 0.699. The number of aliphatic hydroxyl groups is 1. The second-order valence-electron chi connectivity index (χ2n) is 6.14. The number of likely N-dealkylation sites (N-methyl/N-ethyl adjacent to an activating group) is 1. The zero-order valence-corrected chi connectivity index (χ0v) is 12.5. The molecule has 0 aliphatic heterocycles. The highest BCUT2D eigenvalue weighted by atomic mass is 16.3. The number of aliphatic hydroxyl groups excluding tert-OH is 1. The van der Waals surface area contributed by atoms with Gasteiger partial charge >= 0.3 is 0 Å². The molecule has 0 radical (unpaired) electrons. The van der Waals surface area contributed by atoms with Crippen molar-refractivity contribution in [1.29, 1.82) is 0 Å². The minimum absolute atomic E-state index is 0.239. The lowest BCUT2D eigenvalue weighted by Gasteiger charge is -2.34. The maximum Gasteiger partial charge on any atom is 0.0791 e. The van der Waals surface area contributed by atoms with Gasteiger partial charge in [-0.1, -0.05) is 40.0 Å². The van der Waals surface area contributed by atoms with Crippen molar-refractivity contribution < 1.29 is 5.11 Å². The maximum absolute atomic E-state index is 9.99. The van der Waals surface area contributed by atoms with Crippen molar-refractivity contribution in [3.63, 3.8) is 0 Å². The molecular formula is C15H32N2O. The maximum atomic E-state index is 9.99. The van der Waals surface area contributed by atoms with Gasteiger partial charge in [-0.3, -0.25) is 0 Å². The van der Waals surface area contributed by atoms with E-state index in [0.717, 1.165) is 32.7 Å². The first-order valence-corrected chi connectivity index (χ1v) is 7.71. The van der Waals surface area contributed by atoms with Crippen LogP contribution >= 0.6 is 0 Å². The van der Waals surface area contributed by atoms with Gasteiger partial charge in [0.15, 0.2) is 0 Å². The third-order valence-electron chi connectivity index (χ3n) is 4.36. The van der Waals surface area contributed by atoms with E-state index in [1.54, 1.807) is 0 Å². The molecule has 1 unspecified atom stereocenters. The summed E-state index contributed by atoms with van der Waals surface area (Å²) < 4.78 is 0. The van der Waals surface area contributed by atoms with Gasteiger partial charge in [-0.25, -0.2) is 0 Å². The Kier molecular flexibility index (Phi) is 7.20. The highest BCUT2D eigenvalue weighted by Crippen LogP contribution is 2.34. The van der Waals surface area contributed by atoms with Gasteiger partial charge in [0.25, 0.3) is 0 Å². The number of rotatable bonds is 8. The van der Waals surface area contributed by atoms with Crippen molar-refractivity contribution in [2.45, 2.75) is 59.0 Å². The second kappa shape index (κ2) is 8.13. The molecule has 0 aromatic rings. The van der Waals surface area contributed by atoms with Crippen LogP contribution in [0.5, 0.6) is 0 Å². The molecule has 0 amide bonds. The third-order valence-corrected chi connectivity index (χ3v) is 4.36. The second-order valence-corrected chi connectivity index (χ2v) is 6.14. The molecule has 108 valence electrons. The van der Waals surface area contributed by atoms with E-state index >= 15 is 0 Å². The van der Waals surface area contributed by atoms with Gasteiger partial charge in [-0.2, -0.15) is 0 Å². The SMILES string of the molecule is CCN(CC)CC(O)CNCC1(C)CCCCC1. The largest absolute Gasteiger partial charge is 0.390 e. The molecular weight excluding hydrogens is 224 g/mol. The Morgan fingerprint density at radius 3 is 2.33 bits per heavy atom. The summed E-state index contributed by atoms with van der Waals surface area (Å²) in [5.74, 6) is 0. The van der Waals surface area contributed by atoms with E-state index in [-0.39, 0.29) is 6.10 Å². The molecule has 0 spiro atoms. The van der Waals surface area contributed by atoms with Gasteiger partial charge in [0.1, 0.15) is 0 Å². The molecule has 2 N–H and O–H groups in total. The fraction of sp³-hybridized carbons (Fsp3) is 1.00. The van der Waals surface area contributed by atoms with Crippen LogP contribution in [0.2, 0.25) is 0 Å². The predicted octanol–water partition coefficient (Wildman–Crippen LogP) is 2.25. The molecule has 0 aromatic carbocycles. The summed E-state index contributed by atoms with van der Waals surface area (Å²) in [4.78, 5) is 2.27. The molecule has 1 fully saturated rings. The Morgan fingerprint density at radius 1 is 1.17 bits per heavy atom. The summed E-state index contributed by atoms with van der Waals surface area (Å²) in [6.45, 7) is 11.3. The molecule has 0 saturated heterocycles. The van der Waals surface area contributed by atoms with Crippen molar-refractivity contribution in [2.24, 2.45) is 5.41 Å². The molecule has 1 aliphatic carbocycles. The van der Waals surface area contributed by atoms with E-state index in [4.69, 9.17) is 0 Å². The van der Waals surface area contributed by atoms with Crippen LogP contribution in [0.3, 0.4) is 0 Å². The Labute approximate surface area is 113 Å². The van der Waals surface area contributed by atoms with E-state index in [0.29, 0.717) is 5.41 Å². The first kappa shape index (κ1) is 15.9. The number of hydrogen-bond acceptors (Lipinski definition) is 3. The molecule has 0 heterocycles. The van der Waals surface area contributed by atoms with E-state index < -0.39 is 0 Å². The van der Waals surface area contributed by atoms with Crippen molar-refractivity contribution in [3.8, 4) is 0 Å². The van der Waals surface area contributed by atoms with Crippen molar-refractivity contribution in [2.75, 3.05) is 32.7 Å². The van der Waals surface area contributed by atoms with Crippen molar-refractivity contribution in [3.05, 3.63) is 0 Å². The highest BCUT2D eigenvalue weighted by molar-refractivity contribution is 4.81. The van der Waals surface area contributed by atoms with Gasteiger partial charge < -0.3 is 15.3 Å². The van der Waals surface area contributed by atoms with E-state index in [1.807, 2.05) is 0 Å². The van der Waals surface area contributed by atoms with Crippen LogP contribution < -0.4 is 5.32 Å². The summed E-state index contributed by atoms with van der Waals surface area (Å²) in [6.07, 6.45) is 6.59. The minimum atomic E-state index is -0.239. The molecule has 3 heteroatoms. The van der Waals surface area contributed by atoms with Crippen LogP contribution in [-0.2, 0) is 0 Å². The molecule has 1 atom stereocenters. The first-order valence-electron chi connectivity index (χ1n) is 7.71. The fourth-order valence-corrected chi connectivity index (χ4v) is 2.97. The summed E-state index contributed by atoms with van der Waals surface area (Å²) in [6, 6.07) is 0. The molecule has 0 aromatic heterocycles. The Balaban J connectivity index is 2.16. The van der Waals surface area contributed by atoms with Crippen LogP contribution in [0.25, 0.3) is 0 Å². The smallest absolute Gasteiger partial charge is 0.0791 e. The van der Waals surface area contributed by atoms with Gasteiger partial charge in [0.05, 0.1) is 6.10 Å². The summed E-state index contributed by atoms with van der Waals surface area (Å²) >= 11 is 0. The van der Waals surface area contributed by atoms with Gasteiger partial charge in [-0.05, 0) is 31.3 Å². The molecule has 3 nitrogen and oxygen atoms in total. The number of nitrogens with zero attached hydrogens (tertiary/aromatic N) is 1. The summed E-state index contributed by atoms with van der Waals surface area (Å²) in [5.41, 5.74) is 0.465. The Morgan fingerprint density at radius 2 is 1.78 bits per heavy atom. The lowest BCUT2D eigenvalue weighted by molar-refractivity contribution is 0.110. The van der Waals surface area contributed by atoms with Crippen LogP contribution in [-0.4, -0.2) is 48.8 Å². The standard InChI is InChI=1S/C15H32N2O/c1-4-17(5-2)12-14(18)11-16-13-15(3)9-7-6-8-10-15/h14,16,18H,4-13H2,1-3H3. The van der Waals surface area contributed by atoms with E-state index in [2.05, 4.69) is 31.0 Å². The molecule has 0 bridgehead atoms. The van der Waals surface area contributed by atoms with E-state index in [1.165, 1.54) is 32.1 Å². The average molecular weight is 256 g/mol. The lowest BCUT2D eigenvalue weighted by atomic mass is 9.76. The molecule has 1 rings (SSSR count). The normalized spacial score (nSPS) is 21.2. The Bertz CT molecular complexity index is 211. The number of nitrogens with one attached hydrogen (secondary N) is 1. The van der Waals surface area contributed by atoms with Crippen LogP contribution in [0.1, 0.15) is 52.9 Å². The molecule has 1 saturated carbocycles. The van der Waals surface area contributed by atoms with Gasteiger partial charge in [-0.15, -0.1) is 0 Å². The van der Waals surface area contributed by atoms with Crippen LogP contribution in [0.4, 0.5) is 0 Å². The zero-order valence-electron chi connectivity index (χ0n) is 12.5. The third kappa shape index (κ3) is 5.68. The predicted molar refractivity (Wildman–Crippen MR) is 77.9 cm³/mol. The topological polar surface area (TPSA) is 35.5 Å². The number of hydrogen-bond donors (Lipinski definition) is 2. The van der Waals surface area contributed by atoms with Crippen molar-refractivity contribution in [1.82, 2.24) is 10.2 Å². The summed E-state index contributed by atoms with van der Waals surface area (Å²) in [7, 11) is 0.